The predicted octanol–water partition coefficient (Wildman–Crippen LogP) is 2.04. The van der Waals surface area contributed by atoms with E-state index in [0.717, 1.165) is 16.6 Å². The Morgan fingerprint density at radius 3 is 1.35 bits per heavy atom. The molecule has 0 unspecified atom stereocenters. The van der Waals surface area contributed by atoms with Crippen LogP contribution in [0.5, 0.6) is 0 Å². The quantitative estimate of drug-likeness (QED) is 0.153. The number of hydrogen-bond donors (Lipinski definition) is 0. The van der Waals surface area contributed by atoms with Crippen molar-refractivity contribution in [2.75, 3.05) is 41.4 Å². The van der Waals surface area contributed by atoms with E-state index in [1.165, 1.54) is 47.8 Å². The number of thioether (sulfide) groups is 2. The largest absolute Gasteiger partial charge is 0.235 e. The van der Waals surface area contributed by atoms with E-state index in [9.17, 15) is 19.2 Å². The molecule has 0 aromatic carbocycles. The molecule has 0 heterocycles. The first-order valence-electron chi connectivity index (χ1n) is 5.87. The second-order valence-corrected chi connectivity index (χ2v) is 7.85. The minimum absolute atomic E-state index is 0.418. The van der Waals surface area contributed by atoms with Crippen LogP contribution in [0.4, 0.5) is 0 Å². The second kappa shape index (κ2) is 25.9. The van der Waals surface area contributed by atoms with Gasteiger partial charge in [-0.2, -0.15) is 9.98 Å². The van der Waals surface area contributed by atoms with Crippen LogP contribution in [0.3, 0.4) is 0 Å². The third-order valence-corrected chi connectivity index (χ3v) is 5.71. The fraction of sp³-hybridized carbons (Fsp3) is 0.636. The van der Waals surface area contributed by atoms with Crippen LogP contribution in [0.25, 0.3) is 0 Å². The van der Waals surface area contributed by atoms with Gasteiger partial charge in [-0.25, -0.2) is 29.2 Å². The monoisotopic (exact) mass is 394 g/mol. The summed E-state index contributed by atoms with van der Waals surface area (Å²) in [5.74, 6) is 2.40. The first kappa shape index (κ1) is 24.2. The zero-order valence-electron chi connectivity index (χ0n) is 12.0. The molecule has 0 atom stereocenters. The van der Waals surface area contributed by atoms with E-state index in [1.807, 2.05) is 0 Å². The van der Waals surface area contributed by atoms with Crippen LogP contribution >= 0.6 is 45.1 Å². The summed E-state index contributed by atoms with van der Waals surface area (Å²) in [7, 11) is 3.20. The molecule has 0 amide bonds. The zero-order chi connectivity index (χ0) is 17.4. The molecule has 126 valence electrons. The Kier molecular flexibility index (Phi) is 27.2. The van der Waals surface area contributed by atoms with E-state index >= 15 is 0 Å². The lowest BCUT2D eigenvalue weighted by Crippen LogP contribution is -1.84. The lowest BCUT2D eigenvalue weighted by molar-refractivity contribution is 0.562. The number of hydrogen-bond acceptors (Lipinski definition) is 12. The maximum absolute atomic E-state index is 9.61. The Morgan fingerprint density at radius 2 is 1.00 bits per heavy atom. The van der Waals surface area contributed by atoms with Gasteiger partial charge in [0.1, 0.15) is 0 Å². The van der Waals surface area contributed by atoms with Crippen LogP contribution in [0.1, 0.15) is 0 Å². The summed E-state index contributed by atoms with van der Waals surface area (Å²) in [6, 6.07) is 0. The highest BCUT2D eigenvalue weighted by atomic mass is 33.1. The van der Waals surface area contributed by atoms with Crippen LogP contribution in [0.2, 0.25) is 0 Å². The van der Waals surface area contributed by atoms with Crippen LogP contribution < -0.4 is 0 Å². The van der Waals surface area contributed by atoms with Crippen molar-refractivity contribution in [2.24, 2.45) is 20.0 Å². The summed E-state index contributed by atoms with van der Waals surface area (Å²) in [4.78, 5) is 51.8. The molecule has 0 spiro atoms. The average Bonchev–Trinajstić information content (AvgIpc) is 2.57. The maximum Gasteiger partial charge on any atom is 0.235 e. The fourth-order valence-corrected chi connectivity index (χ4v) is 3.73. The van der Waals surface area contributed by atoms with Crippen LogP contribution in [0, 0.1) is 0 Å². The van der Waals surface area contributed by atoms with Crippen molar-refractivity contribution >= 4 is 69.4 Å². The minimum Gasteiger partial charge on any atom is -0.211 e. The molecule has 23 heavy (non-hydrogen) atoms. The third kappa shape index (κ3) is 29.5. The molecule has 0 aliphatic carbocycles. The maximum atomic E-state index is 9.61. The molecule has 0 saturated heterocycles. The molecule has 0 aromatic rings. The van der Waals surface area contributed by atoms with Gasteiger partial charge in [0.2, 0.25) is 24.3 Å². The van der Waals surface area contributed by atoms with Crippen molar-refractivity contribution in [3.63, 3.8) is 0 Å². The third-order valence-electron chi connectivity index (χ3n) is 1.39. The van der Waals surface area contributed by atoms with Crippen LogP contribution in [0.15, 0.2) is 20.0 Å². The highest BCUT2D eigenvalue weighted by Gasteiger charge is 1.88. The van der Waals surface area contributed by atoms with E-state index in [4.69, 9.17) is 0 Å². The second-order valence-electron chi connectivity index (χ2n) is 2.87. The molecule has 0 fully saturated rings. The average molecular weight is 395 g/mol. The van der Waals surface area contributed by atoms with E-state index < -0.39 is 0 Å². The van der Waals surface area contributed by atoms with Gasteiger partial charge >= 0.3 is 0 Å². The molecule has 0 radical (unpaired) electrons. The number of isocyanates is 4. The summed E-state index contributed by atoms with van der Waals surface area (Å²) in [5, 5.41) is 0.760. The molecular weight excluding hydrogens is 380 g/mol. The summed E-state index contributed by atoms with van der Waals surface area (Å²) >= 11 is 2.94. The highest BCUT2D eigenvalue weighted by molar-refractivity contribution is 8.76. The topological polar surface area (TPSA) is 118 Å². The van der Waals surface area contributed by atoms with Gasteiger partial charge < -0.3 is 0 Å². The van der Waals surface area contributed by atoms with Gasteiger partial charge in [-0.15, -0.1) is 23.5 Å². The Bertz CT molecular complexity index is 427. The van der Waals surface area contributed by atoms with Crippen molar-refractivity contribution < 1.29 is 19.2 Å². The molecule has 0 saturated carbocycles. The Hall–Kier alpha value is -1.08. The van der Waals surface area contributed by atoms with Crippen molar-refractivity contribution in [3.8, 4) is 0 Å². The zero-order valence-corrected chi connectivity index (χ0v) is 15.3. The van der Waals surface area contributed by atoms with Crippen molar-refractivity contribution in [1.82, 2.24) is 0 Å². The molecule has 0 rings (SSSR count). The number of carbonyl (C=O) groups excluding carboxylic acids is 4. The summed E-state index contributed by atoms with van der Waals surface area (Å²) in [6.07, 6.45) is 5.78. The first-order valence-corrected chi connectivity index (χ1v) is 10.7. The van der Waals surface area contributed by atoms with Gasteiger partial charge in [0, 0.05) is 16.6 Å². The SMILES string of the molecule is O=C=NCCSSCCN=C=O.O=C=NCSCSCN=C=O. The van der Waals surface area contributed by atoms with Gasteiger partial charge in [0.15, 0.2) is 0 Å². The fourth-order valence-electron chi connectivity index (χ4n) is 0.652. The Labute approximate surface area is 150 Å². The van der Waals surface area contributed by atoms with Gasteiger partial charge in [-0.1, -0.05) is 21.6 Å². The molecule has 0 aliphatic rings. The van der Waals surface area contributed by atoms with Crippen molar-refractivity contribution in [3.05, 3.63) is 0 Å². The van der Waals surface area contributed by atoms with Gasteiger partial charge in [-0.05, 0) is 0 Å². The standard InChI is InChI=1S/C6H8N2O2S2.C5H6N2O2S2/c9-5-7-1-3-11-12-4-2-8-6-10;8-1-6-3-10-5-11-4-7-2-9/h1-4H2;3-5H2. The Morgan fingerprint density at radius 1 is 0.609 bits per heavy atom. The number of aliphatic imine (C=N–C) groups is 4. The lowest BCUT2D eigenvalue weighted by atomic mass is 10.8. The van der Waals surface area contributed by atoms with E-state index in [1.54, 1.807) is 21.6 Å². The molecule has 0 aliphatic heterocycles. The smallest absolute Gasteiger partial charge is 0.211 e. The van der Waals surface area contributed by atoms with Crippen LogP contribution in [-0.4, -0.2) is 65.8 Å². The van der Waals surface area contributed by atoms with E-state index in [2.05, 4.69) is 20.0 Å². The molecular formula is C11H14N4O4S4. The molecule has 0 aromatic heterocycles. The van der Waals surface area contributed by atoms with Gasteiger partial charge in [0.25, 0.3) is 0 Å². The molecule has 0 bridgehead atoms. The lowest BCUT2D eigenvalue weighted by Gasteiger charge is -1.93. The number of rotatable bonds is 13. The molecule has 12 heteroatoms. The van der Waals surface area contributed by atoms with E-state index in [-0.39, 0.29) is 0 Å². The van der Waals surface area contributed by atoms with Crippen LogP contribution in [-0.2, 0) is 19.2 Å². The highest BCUT2D eigenvalue weighted by Crippen LogP contribution is 2.19. The number of nitrogens with zero attached hydrogens (tertiary/aromatic N) is 4. The summed E-state index contributed by atoms with van der Waals surface area (Å²) in [6.45, 7) is 0.996. The van der Waals surface area contributed by atoms with E-state index in [0.29, 0.717) is 24.8 Å². The Balaban J connectivity index is 0. The van der Waals surface area contributed by atoms with Gasteiger partial charge in [0.05, 0.1) is 24.8 Å². The first-order chi connectivity index (χ1) is 11.3. The van der Waals surface area contributed by atoms with Gasteiger partial charge in [-0.3, -0.25) is 0 Å². The summed E-state index contributed by atoms with van der Waals surface area (Å²) in [5.41, 5.74) is 0. The molecule has 8 nitrogen and oxygen atoms in total. The van der Waals surface area contributed by atoms with Crippen molar-refractivity contribution in [2.45, 2.75) is 0 Å². The van der Waals surface area contributed by atoms with Crippen molar-refractivity contribution in [1.29, 1.82) is 0 Å². The summed E-state index contributed by atoms with van der Waals surface area (Å²) < 4.78 is 0. The predicted molar refractivity (Wildman–Crippen MR) is 96.9 cm³/mol. The minimum atomic E-state index is 0.418. The molecule has 0 N–H and O–H groups in total. The normalized spacial score (nSPS) is 8.17.